The fourth-order valence-electron chi connectivity index (χ4n) is 4.02. The molecular formula is C18H32O15S. The van der Waals surface area contributed by atoms with E-state index < -0.39 is 110 Å². The average molecular weight is 521 g/mol. The monoisotopic (exact) mass is 520 g/mol. The van der Waals surface area contributed by atoms with Crippen LogP contribution in [0.4, 0.5) is 0 Å². The van der Waals surface area contributed by atoms with Crippen LogP contribution in [0, 0.1) is 0 Å². The first-order chi connectivity index (χ1) is 16.0. The molecule has 0 bridgehead atoms. The highest BCUT2D eigenvalue weighted by molar-refractivity contribution is 8.00. The minimum Gasteiger partial charge on any atom is -0.394 e. The average Bonchev–Trinajstić information content (AvgIpc) is 2.83. The van der Waals surface area contributed by atoms with Crippen LogP contribution >= 0.6 is 11.8 Å². The Kier molecular flexibility index (Phi) is 9.88. The molecule has 0 saturated carbocycles. The first-order valence-corrected chi connectivity index (χ1v) is 11.5. The number of hydrogen-bond acceptors (Lipinski definition) is 16. The summed E-state index contributed by atoms with van der Waals surface area (Å²) in [5.74, 6) is 0. The van der Waals surface area contributed by atoms with Gasteiger partial charge in [0.2, 0.25) is 0 Å². The zero-order valence-corrected chi connectivity index (χ0v) is 18.6. The van der Waals surface area contributed by atoms with Gasteiger partial charge in [0.15, 0.2) is 12.6 Å². The minimum atomic E-state index is -1.84. The van der Waals surface area contributed by atoms with Crippen LogP contribution in [0.5, 0.6) is 0 Å². The standard InChI is InChI=1S/C18H32O15S/c19-1-4-9(24)12(27)15(16(29)30-4)34-18-14(11(26)8(23)6(3-21)32-18)33-17-13(28)10(25)7(22)5(2-20)31-17/h4-29H,1-3H2/t4-,5-,6-,7-,8-,9-,10+,11+,12+,13+,14+,15+,16-,17+,18+/m1/s1. The number of thioether (sulfide) groups is 1. The second kappa shape index (κ2) is 11.9. The molecule has 16 heteroatoms. The van der Waals surface area contributed by atoms with Gasteiger partial charge in [0, 0.05) is 0 Å². The molecule has 3 heterocycles. The van der Waals surface area contributed by atoms with Crippen LogP contribution in [0.15, 0.2) is 0 Å². The van der Waals surface area contributed by atoms with E-state index >= 15 is 0 Å². The molecule has 3 saturated heterocycles. The van der Waals surface area contributed by atoms with E-state index in [9.17, 15) is 56.2 Å². The number of hydrogen-bond donors (Lipinski definition) is 11. The summed E-state index contributed by atoms with van der Waals surface area (Å²) in [5, 5.41) is 109. The lowest BCUT2D eigenvalue weighted by Crippen LogP contribution is -2.64. The van der Waals surface area contributed by atoms with E-state index in [1.54, 1.807) is 0 Å². The molecule has 3 rings (SSSR count). The van der Waals surface area contributed by atoms with Gasteiger partial charge < -0.3 is 75.1 Å². The van der Waals surface area contributed by atoms with Gasteiger partial charge >= 0.3 is 0 Å². The number of aliphatic hydroxyl groups excluding tert-OH is 11. The molecule has 15 atom stereocenters. The van der Waals surface area contributed by atoms with Gasteiger partial charge in [-0.25, -0.2) is 0 Å². The van der Waals surface area contributed by atoms with Crippen LogP contribution in [0.3, 0.4) is 0 Å². The Labute approximate surface area is 197 Å². The summed E-state index contributed by atoms with van der Waals surface area (Å²) < 4.78 is 21.5. The molecule has 0 unspecified atom stereocenters. The van der Waals surface area contributed by atoms with E-state index in [4.69, 9.17) is 18.9 Å². The van der Waals surface area contributed by atoms with Crippen LogP contribution in [0.2, 0.25) is 0 Å². The largest absolute Gasteiger partial charge is 0.394 e. The first kappa shape index (κ1) is 28.3. The van der Waals surface area contributed by atoms with Gasteiger partial charge in [-0.15, -0.1) is 11.8 Å². The van der Waals surface area contributed by atoms with Crippen LogP contribution in [0.25, 0.3) is 0 Å². The predicted molar refractivity (Wildman–Crippen MR) is 108 cm³/mol. The molecule has 0 aromatic heterocycles. The third-order valence-electron chi connectivity index (χ3n) is 6.10. The molecule has 0 amide bonds. The van der Waals surface area contributed by atoms with Crippen molar-refractivity contribution >= 4 is 11.8 Å². The lowest BCUT2D eigenvalue weighted by molar-refractivity contribution is -0.334. The van der Waals surface area contributed by atoms with E-state index in [2.05, 4.69) is 0 Å². The summed E-state index contributed by atoms with van der Waals surface area (Å²) in [7, 11) is 0. The molecule has 3 aliphatic rings. The third-order valence-corrected chi connectivity index (χ3v) is 7.57. The SMILES string of the molecule is OC[C@H]1O[C@@H](O[C@H]2[C@@H](O)[C@H](O)[C@@H](CO)O[C@H]2S[C@H]2[C@@H](O)[C@H](O)[C@@H](CO)O[C@H]2O)[C@@H](O)[C@@H](O)[C@@H]1O. The Bertz CT molecular complexity index is 644. The summed E-state index contributed by atoms with van der Waals surface area (Å²) in [6.45, 7) is -2.17. The quantitative estimate of drug-likeness (QED) is 0.149. The van der Waals surface area contributed by atoms with Crippen LogP contribution in [-0.4, -0.2) is 166 Å². The maximum absolute atomic E-state index is 10.6. The topological polar surface area (TPSA) is 259 Å². The second-order valence-electron chi connectivity index (χ2n) is 8.33. The van der Waals surface area contributed by atoms with Crippen molar-refractivity contribution < 1.29 is 75.1 Å². The maximum atomic E-state index is 10.6. The second-order valence-corrected chi connectivity index (χ2v) is 9.62. The molecule has 3 aliphatic heterocycles. The number of rotatable bonds is 7. The van der Waals surface area contributed by atoms with Crippen molar-refractivity contribution in [2.24, 2.45) is 0 Å². The molecule has 11 N–H and O–H groups in total. The zero-order chi connectivity index (χ0) is 25.3. The normalized spacial score (nSPS) is 52.5. The fourth-order valence-corrected chi connectivity index (χ4v) is 5.44. The van der Waals surface area contributed by atoms with Crippen molar-refractivity contribution in [2.45, 2.75) is 90.4 Å². The fraction of sp³-hybridized carbons (Fsp3) is 1.00. The summed E-state index contributed by atoms with van der Waals surface area (Å²) in [5.41, 5.74) is -1.38. The molecule has 0 aliphatic carbocycles. The lowest BCUT2D eigenvalue weighted by atomic mass is 9.98. The Hall–Kier alpha value is -0.250. The van der Waals surface area contributed by atoms with Crippen molar-refractivity contribution in [1.82, 2.24) is 0 Å². The van der Waals surface area contributed by atoms with Crippen LogP contribution in [0.1, 0.15) is 0 Å². The summed E-state index contributed by atoms with van der Waals surface area (Å²) in [6.07, 6.45) is -20.9. The summed E-state index contributed by atoms with van der Waals surface area (Å²) in [4.78, 5) is 0. The smallest absolute Gasteiger partial charge is 0.187 e. The molecule has 200 valence electrons. The summed E-state index contributed by atoms with van der Waals surface area (Å²) in [6, 6.07) is 0. The van der Waals surface area contributed by atoms with E-state index in [1.165, 1.54) is 0 Å². The Morgan fingerprint density at radius 3 is 1.65 bits per heavy atom. The van der Waals surface area contributed by atoms with Crippen molar-refractivity contribution in [3.8, 4) is 0 Å². The highest BCUT2D eigenvalue weighted by Gasteiger charge is 2.53. The van der Waals surface area contributed by atoms with E-state index in [0.29, 0.717) is 11.8 Å². The van der Waals surface area contributed by atoms with Crippen molar-refractivity contribution in [3.05, 3.63) is 0 Å². The molecule has 0 aromatic carbocycles. The number of aliphatic hydroxyl groups is 11. The van der Waals surface area contributed by atoms with Crippen LogP contribution in [-0.2, 0) is 18.9 Å². The minimum absolute atomic E-state index is 0.610. The van der Waals surface area contributed by atoms with Crippen molar-refractivity contribution in [3.63, 3.8) is 0 Å². The highest BCUT2D eigenvalue weighted by Crippen LogP contribution is 2.39. The first-order valence-electron chi connectivity index (χ1n) is 10.6. The van der Waals surface area contributed by atoms with Gasteiger partial charge in [-0.3, -0.25) is 0 Å². The van der Waals surface area contributed by atoms with Gasteiger partial charge in [-0.2, -0.15) is 0 Å². The van der Waals surface area contributed by atoms with Crippen molar-refractivity contribution in [1.29, 1.82) is 0 Å². The zero-order valence-electron chi connectivity index (χ0n) is 17.7. The molecule has 15 nitrogen and oxygen atoms in total. The van der Waals surface area contributed by atoms with E-state index in [1.807, 2.05) is 0 Å². The van der Waals surface area contributed by atoms with Gasteiger partial charge in [-0.05, 0) is 0 Å². The molecular weight excluding hydrogens is 488 g/mol. The van der Waals surface area contributed by atoms with Crippen molar-refractivity contribution in [2.75, 3.05) is 19.8 Å². The molecule has 0 aromatic rings. The van der Waals surface area contributed by atoms with E-state index in [0.717, 1.165) is 0 Å². The number of ether oxygens (including phenoxy) is 4. The lowest BCUT2D eigenvalue weighted by Gasteiger charge is -2.47. The molecule has 0 spiro atoms. The molecule has 0 radical (unpaired) electrons. The third kappa shape index (κ3) is 5.52. The van der Waals surface area contributed by atoms with Gasteiger partial charge in [0.25, 0.3) is 0 Å². The van der Waals surface area contributed by atoms with Gasteiger partial charge in [0.05, 0.1) is 31.2 Å². The predicted octanol–water partition coefficient (Wildman–Crippen LogP) is -6.86. The Morgan fingerprint density at radius 1 is 0.559 bits per heavy atom. The van der Waals surface area contributed by atoms with Gasteiger partial charge in [0.1, 0.15) is 66.5 Å². The maximum Gasteiger partial charge on any atom is 0.187 e. The molecule has 34 heavy (non-hydrogen) atoms. The van der Waals surface area contributed by atoms with Crippen LogP contribution < -0.4 is 0 Å². The summed E-state index contributed by atoms with van der Waals surface area (Å²) >= 11 is 0.610. The van der Waals surface area contributed by atoms with E-state index in [-0.39, 0.29) is 0 Å². The Balaban J connectivity index is 1.82. The van der Waals surface area contributed by atoms with Gasteiger partial charge in [-0.1, -0.05) is 0 Å². The highest BCUT2D eigenvalue weighted by atomic mass is 32.2. The molecule has 3 fully saturated rings. The Morgan fingerprint density at radius 2 is 1.06 bits per heavy atom.